The van der Waals surface area contributed by atoms with Crippen LogP contribution in [0.5, 0.6) is 0 Å². The van der Waals surface area contributed by atoms with Crippen LogP contribution in [0.3, 0.4) is 0 Å². The number of aromatic nitrogens is 1. The first-order valence-electron chi connectivity index (χ1n) is 6.65. The number of thioether (sulfide) groups is 1. The molecule has 0 aliphatic heterocycles. The molecule has 1 aliphatic rings. The number of nitrogens with two attached hydrogens (primary N) is 1. The Morgan fingerprint density at radius 1 is 1.44 bits per heavy atom. The average Bonchev–Trinajstić information content (AvgIpc) is 2.81. The minimum Gasteiger partial charge on any atom is -0.383 e. The Kier molecular flexibility index (Phi) is 5.06. The Morgan fingerprint density at radius 3 is 2.72 bits per heavy atom. The largest absolute Gasteiger partial charge is 0.383 e. The van der Waals surface area contributed by atoms with Gasteiger partial charge >= 0.3 is 0 Å². The molecule has 1 aromatic rings. The lowest BCUT2D eigenvalue weighted by Crippen LogP contribution is -2.11. The number of nitrogens with zero attached hydrogens (tertiary/aromatic N) is 1. The molecule has 1 aromatic heterocycles. The van der Waals surface area contributed by atoms with Crippen molar-refractivity contribution in [1.82, 2.24) is 4.98 Å². The van der Waals surface area contributed by atoms with E-state index >= 15 is 0 Å². The maximum absolute atomic E-state index is 7.56. The Labute approximate surface area is 117 Å². The maximum atomic E-state index is 7.56. The summed E-state index contributed by atoms with van der Waals surface area (Å²) in [5.41, 5.74) is 6.58. The van der Waals surface area contributed by atoms with E-state index < -0.39 is 0 Å². The van der Waals surface area contributed by atoms with Crippen LogP contribution in [-0.2, 0) is 12.2 Å². The molecule has 0 unspecified atom stereocenters. The third-order valence-electron chi connectivity index (χ3n) is 3.32. The molecule has 3 nitrogen and oxygen atoms in total. The highest BCUT2D eigenvalue weighted by atomic mass is 32.2. The van der Waals surface area contributed by atoms with Crippen molar-refractivity contribution in [2.24, 2.45) is 5.73 Å². The predicted octanol–water partition coefficient (Wildman–Crippen LogP) is 3.56. The third-order valence-corrected chi connectivity index (χ3v) is 6.01. The van der Waals surface area contributed by atoms with Crippen LogP contribution in [-0.4, -0.2) is 16.1 Å². The molecule has 0 atom stereocenters. The summed E-state index contributed by atoms with van der Waals surface area (Å²) in [6.07, 6.45) is 7.75. The zero-order valence-corrected chi connectivity index (χ0v) is 12.5. The molecule has 0 radical (unpaired) electrons. The smallest absolute Gasteiger partial charge is 0.135 e. The van der Waals surface area contributed by atoms with Crippen molar-refractivity contribution in [3.05, 3.63) is 15.6 Å². The van der Waals surface area contributed by atoms with Crippen LogP contribution in [0.15, 0.2) is 0 Å². The van der Waals surface area contributed by atoms with Gasteiger partial charge in [0.15, 0.2) is 0 Å². The summed E-state index contributed by atoms with van der Waals surface area (Å²) in [5.74, 6) is 1.15. The van der Waals surface area contributed by atoms with E-state index in [0.717, 1.165) is 33.0 Å². The number of hydrogen-bond donors (Lipinski definition) is 2. The minimum absolute atomic E-state index is 0.165. The summed E-state index contributed by atoms with van der Waals surface area (Å²) in [5, 5.41) is 9.51. The summed E-state index contributed by atoms with van der Waals surface area (Å²) < 4.78 is 0. The van der Waals surface area contributed by atoms with Gasteiger partial charge in [0.05, 0.1) is 10.6 Å². The maximum Gasteiger partial charge on any atom is 0.135 e. The summed E-state index contributed by atoms with van der Waals surface area (Å²) in [4.78, 5) is 5.48. The Bertz CT molecular complexity index is 408. The van der Waals surface area contributed by atoms with Crippen molar-refractivity contribution >= 4 is 28.9 Å². The highest BCUT2D eigenvalue weighted by Crippen LogP contribution is 2.32. The zero-order chi connectivity index (χ0) is 13.0. The van der Waals surface area contributed by atoms with Gasteiger partial charge in [-0.2, -0.15) is 11.8 Å². The van der Waals surface area contributed by atoms with Gasteiger partial charge in [0.1, 0.15) is 10.8 Å². The van der Waals surface area contributed by atoms with Gasteiger partial charge in [-0.25, -0.2) is 4.98 Å². The summed E-state index contributed by atoms with van der Waals surface area (Å²) in [7, 11) is 0. The molecular formula is C13H21N3S2. The molecule has 0 saturated heterocycles. The van der Waals surface area contributed by atoms with E-state index in [1.54, 1.807) is 11.3 Å². The topological polar surface area (TPSA) is 62.8 Å². The standard InChI is InChI=1S/C13H21N3S2/c1-2-10-12(13(14)15)18-11(16-10)8-17-9-6-4-3-5-7-9/h9H,2-8H2,1H3,(H3,14,15). The number of nitrogen functional groups attached to an aromatic ring is 1. The minimum atomic E-state index is 0.165. The quantitative estimate of drug-likeness (QED) is 0.641. The van der Waals surface area contributed by atoms with Gasteiger partial charge in [-0.1, -0.05) is 26.2 Å². The molecule has 1 fully saturated rings. The van der Waals surface area contributed by atoms with Crippen molar-refractivity contribution in [1.29, 1.82) is 5.41 Å². The molecule has 18 heavy (non-hydrogen) atoms. The van der Waals surface area contributed by atoms with Gasteiger partial charge in [0.2, 0.25) is 0 Å². The molecule has 5 heteroatoms. The molecule has 100 valence electrons. The van der Waals surface area contributed by atoms with Gasteiger partial charge < -0.3 is 5.73 Å². The van der Waals surface area contributed by atoms with Crippen molar-refractivity contribution in [3.8, 4) is 0 Å². The van der Waals surface area contributed by atoms with E-state index in [-0.39, 0.29) is 5.84 Å². The number of amidine groups is 1. The van der Waals surface area contributed by atoms with Crippen molar-refractivity contribution in [2.45, 2.75) is 56.5 Å². The SMILES string of the molecule is CCc1nc(CSC2CCCCC2)sc1C(=N)N. The van der Waals surface area contributed by atoms with E-state index in [9.17, 15) is 0 Å². The molecule has 1 heterocycles. The predicted molar refractivity (Wildman–Crippen MR) is 80.7 cm³/mol. The Balaban J connectivity index is 1.94. The van der Waals surface area contributed by atoms with Gasteiger partial charge in [-0.3, -0.25) is 5.41 Å². The molecule has 0 bridgehead atoms. The highest BCUT2D eigenvalue weighted by molar-refractivity contribution is 7.99. The van der Waals surface area contributed by atoms with E-state index in [4.69, 9.17) is 11.1 Å². The van der Waals surface area contributed by atoms with Crippen LogP contribution in [0.4, 0.5) is 0 Å². The highest BCUT2D eigenvalue weighted by Gasteiger charge is 2.16. The molecule has 3 N–H and O–H groups in total. The summed E-state index contributed by atoms with van der Waals surface area (Å²) in [6, 6.07) is 0. The monoisotopic (exact) mass is 283 g/mol. The summed E-state index contributed by atoms with van der Waals surface area (Å²) in [6.45, 7) is 2.07. The molecule has 2 rings (SSSR count). The Morgan fingerprint density at radius 2 is 2.17 bits per heavy atom. The van der Waals surface area contributed by atoms with E-state index in [0.29, 0.717) is 0 Å². The lowest BCUT2D eigenvalue weighted by molar-refractivity contribution is 0.516. The normalized spacial score (nSPS) is 16.9. The van der Waals surface area contributed by atoms with Crippen LogP contribution in [0.2, 0.25) is 0 Å². The van der Waals surface area contributed by atoms with Crippen LogP contribution < -0.4 is 5.73 Å². The van der Waals surface area contributed by atoms with E-state index in [1.807, 2.05) is 11.8 Å². The zero-order valence-electron chi connectivity index (χ0n) is 10.9. The van der Waals surface area contributed by atoms with Gasteiger partial charge in [0.25, 0.3) is 0 Å². The Hall–Kier alpha value is -0.550. The van der Waals surface area contributed by atoms with Crippen molar-refractivity contribution < 1.29 is 0 Å². The van der Waals surface area contributed by atoms with Crippen LogP contribution in [0.25, 0.3) is 0 Å². The molecule has 0 amide bonds. The van der Waals surface area contributed by atoms with Gasteiger partial charge in [-0.15, -0.1) is 11.3 Å². The number of aryl methyl sites for hydroxylation is 1. The molecule has 0 spiro atoms. The third kappa shape index (κ3) is 3.48. The van der Waals surface area contributed by atoms with Crippen LogP contribution >= 0.6 is 23.1 Å². The first-order valence-corrected chi connectivity index (χ1v) is 8.51. The second kappa shape index (κ2) is 6.57. The lowest BCUT2D eigenvalue weighted by Gasteiger charge is -2.20. The average molecular weight is 283 g/mol. The van der Waals surface area contributed by atoms with E-state index in [2.05, 4.69) is 11.9 Å². The van der Waals surface area contributed by atoms with Gasteiger partial charge in [0, 0.05) is 11.0 Å². The fourth-order valence-electron chi connectivity index (χ4n) is 2.33. The fraction of sp³-hybridized carbons (Fsp3) is 0.692. The van der Waals surface area contributed by atoms with Crippen molar-refractivity contribution in [3.63, 3.8) is 0 Å². The van der Waals surface area contributed by atoms with Crippen molar-refractivity contribution in [2.75, 3.05) is 0 Å². The second-order valence-electron chi connectivity index (χ2n) is 4.72. The summed E-state index contributed by atoms with van der Waals surface area (Å²) >= 11 is 3.63. The van der Waals surface area contributed by atoms with Gasteiger partial charge in [-0.05, 0) is 19.3 Å². The number of hydrogen-bond acceptors (Lipinski definition) is 4. The molecule has 0 aromatic carbocycles. The van der Waals surface area contributed by atoms with Crippen LogP contribution in [0, 0.1) is 5.41 Å². The number of nitrogens with one attached hydrogen (secondary N) is 1. The second-order valence-corrected chi connectivity index (χ2v) is 7.09. The molecule has 1 saturated carbocycles. The fourth-order valence-corrected chi connectivity index (χ4v) is 4.69. The molecular weight excluding hydrogens is 262 g/mol. The van der Waals surface area contributed by atoms with E-state index in [1.165, 1.54) is 32.1 Å². The first-order chi connectivity index (χ1) is 8.70. The van der Waals surface area contributed by atoms with Crippen LogP contribution in [0.1, 0.15) is 54.6 Å². The number of thiazole rings is 1. The lowest BCUT2D eigenvalue weighted by atomic mass is 10.0. The number of rotatable bonds is 5. The first kappa shape index (κ1) is 13.9. The molecule has 1 aliphatic carbocycles.